The average Bonchev–Trinajstić information content (AvgIpc) is 2.37. The molecule has 0 aromatic heterocycles. The Labute approximate surface area is 124 Å². The van der Waals surface area contributed by atoms with E-state index in [0.29, 0.717) is 12.1 Å². The highest BCUT2D eigenvalue weighted by molar-refractivity contribution is 7.85. The molecule has 4 heteroatoms. The van der Waals surface area contributed by atoms with E-state index in [9.17, 15) is 9.32 Å². The van der Waals surface area contributed by atoms with E-state index in [0.717, 1.165) is 5.56 Å². The molecule has 1 N–H and O–H groups in total. The molecule has 1 aromatic rings. The number of hydrogen-bond acceptors (Lipinski definition) is 2. The zero-order valence-corrected chi connectivity index (χ0v) is 13.8. The highest BCUT2D eigenvalue weighted by Gasteiger charge is 2.21. The fourth-order valence-corrected chi connectivity index (χ4v) is 2.16. The van der Waals surface area contributed by atoms with E-state index < -0.39 is 21.8 Å². The quantitative estimate of drug-likeness (QED) is 0.847. The van der Waals surface area contributed by atoms with Crippen LogP contribution in [0.15, 0.2) is 34.7 Å². The van der Waals surface area contributed by atoms with E-state index in [2.05, 4.69) is 4.40 Å². The molecule has 0 bridgehead atoms. The maximum Gasteiger partial charge on any atom is 0.145 e. The summed E-state index contributed by atoms with van der Waals surface area (Å²) in [5.41, 5.74) is 1.63. The van der Waals surface area contributed by atoms with Gasteiger partial charge in [-0.2, -0.15) is 4.40 Å². The van der Waals surface area contributed by atoms with Crippen molar-refractivity contribution in [2.75, 3.05) is 0 Å². The van der Waals surface area contributed by atoms with Crippen molar-refractivity contribution in [3.05, 3.63) is 35.9 Å². The minimum Gasteiger partial charge on any atom is -0.392 e. The fraction of sp³-hybridized carbons (Fsp3) is 0.562. The summed E-state index contributed by atoms with van der Waals surface area (Å²) in [5.74, 6) is 0.145. The Morgan fingerprint density at radius 2 is 1.80 bits per heavy atom. The number of benzene rings is 1. The molecular weight excluding hydrogens is 270 g/mol. The SMILES string of the molecule is CC(C)[C@@H](O)C/C(=N/S(=O)C(C)(C)C)c1ccccc1. The summed E-state index contributed by atoms with van der Waals surface area (Å²) in [5, 5.41) is 10.1. The van der Waals surface area contributed by atoms with Crippen molar-refractivity contribution in [3.63, 3.8) is 0 Å². The van der Waals surface area contributed by atoms with Crippen molar-refractivity contribution in [1.29, 1.82) is 0 Å². The molecule has 1 unspecified atom stereocenters. The predicted octanol–water partition coefficient (Wildman–Crippen LogP) is 3.34. The summed E-state index contributed by atoms with van der Waals surface area (Å²) in [4.78, 5) is 0. The van der Waals surface area contributed by atoms with E-state index in [4.69, 9.17) is 0 Å². The number of rotatable bonds is 5. The highest BCUT2D eigenvalue weighted by atomic mass is 32.2. The molecular formula is C16H25NO2S. The third-order valence-electron chi connectivity index (χ3n) is 3.00. The molecule has 0 radical (unpaired) electrons. The summed E-state index contributed by atoms with van der Waals surface area (Å²) in [6.07, 6.45) is -0.0605. The van der Waals surface area contributed by atoms with Crippen molar-refractivity contribution in [2.45, 2.75) is 51.9 Å². The number of aliphatic hydroxyl groups excluding tert-OH is 1. The van der Waals surface area contributed by atoms with Gasteiger partial charge in [0.1, 0.15) is 11.0 Å². The first-order valence-corrected chi connectivity index (χ1v) is 8.05. The molecule has 1 aromatic carbocycles. The van der Waals surface area contributed by atoms with E-state index in [-0.39, 0.29) is 5.92 Å². The number of aliphatic hydroxyl groups is 1. The average molecular weight is 295 g/mol. The molecule has 3 nitrogen and oxygen atoms in total. The van der Waals surface area contributed by atoms with Gasteiger partial charge in [-0.05, 0) is 32.3 Å². The van der Waals surface area contributed by atoms with E-state index in [1.54, 1.807) is 0 Å². The van der Waals surface area contributed by atoms with Gasteiger partial charge < -0.3 is 5.11 Å². The third kappa shape index (κ3) is 5.17. The third-order valence-corrected chi connectivity index (χ3v) is 4.43. The maximum absolute atomic E-state index is 12.2. The molecule has 1 rings (SSSR count). The molecule has 0 aliphatic carbocycles. The number of hydrogen-bond donors (Lipinski definition) is 1. The molecule has 112 valence electrons. The van der Waals surface area contributed by atoms with Crippen LogP contribution in [-0.4, -0.2) is 25.9 Å². The fourth-order valence-electron chi connectivity index (χ4n) is 1.51. The van der Waals surface area contributed by atoms with Gasteiger partial charge in [-0.1, -0.05) is 44.2 Å². The second-order valence-corrected chi connectivity index (χ2v) is 8.19. The lowest BCUT2D eigenvalue weighted by Crippen LogP contribution is -2.24. The molecule has 0 aliphatic rings. The van der Waals surface area contributed by atoms with Crippen molar-refractivity contribution in [2.24, 2.45) is 10.3 Å². The normalized spacial score (nSPS) is 16.2. The van der Waals surface area contributed by atoms with Gasteiger partial charge in [0.25, 0.3) is 0 Å². The molecule has 0 heterocycles. The first-order valence-electron chi connectivity index (χ1n) is 6.95. The van der Waals surface area contributed by atoms with Crippen molar-refractivity contribution in [3.8, 4) is 0 Å². The van der Waals surface area contributed by atoms with Gasteiger partial charge in [-0.25, -0.2) is 4.21 Å². The van der Waals surface area contributed by atoms with Gasteiger partial charge in [0.2, 0.25) is 0 Å². The van der Waals surface area contributed by atoms with Crippen molar-refractivity contribution >= 4 is 16.7 Å². The Kier molecular flexibility index (Phi) is 6.08. The van der Waals surface area contributed by atoms with E-state index in [1.807, 2.05) is 65.0 Å². The van der Waals surface area contributed by atoms with Crippen molar-refractivity contribution in [1.82, 2.24) is 0 Å². The maximum atomic E-state index is 12.2. The van der Waals surface area contributed by atoms with Crippen LogP contribution in [0.1, 0.15) is 46.6 Å². The second kappa shape index (κ2) is 7.14. The topological polar surface area (TPSA) is 49.7 Å². The lowest BCUT2D eigenvalue weighted by atomic mass is 9.98. The summed E-state index contributed by atoms with van der Waals surface area (Å²) in [6.45, 7) is 9.62. The van der Waals surface area contributed by atoms with Gasteiger partial charge in [0.15, 0.2) is 0 Å². The zero-order valence-electron chi connectivity index (χ0n) is 13.0. The Hall–Kier alpha value is -1.00. The van der Waals surface area contributed by atoms with Gasteiger partial charge in [0.05, 0.1) is 16.6 Å². The van der Waals surface area contributed by atoms with Gasteiger partial charge in [0, 0.05) is 6.42 Å². The Morgan fingerprint density at radius 3 is 2.25 bits per heavy atom. The molecule has 0 spiro atoms. The van der Waals surface area contributed by atoms with E-state index in [1.165, 1.54) is 0 Å². The van der Waals surface area contributed by atoms with Gasteiger partial charge in [-0.15, -0.1) is 0 Å². The zero-order chi connectivity index (χ0) is 15.3. The van der Waals surface area contributed by atoms with Crippen molar-refractivity contribution < 1.29 is 9.32 Å². The monoisotopic (exact) mass is 295 g/mol. The molecule has 0 aliphatic heterocycles. The van der Waals surface area contributed by atoms with Gasteiger partial charge >= 0.3 is 0 Å². The standard InChI is InChI=1S/C16H25NO2S/c1-12(2)15(18)11-14(13-9-7-6-8-10-13)17-20(19)16(3,4)5/h6-10,12,15,18H,11H2,1-5H3/b17-14-/t15-,20?/m0/s1. The first-order chi connectivity index (χ1) is 9.21. The summed E-state index contributed by atoms with van der Waals surface area (Å²) >= 11 is 0. The molecule has 2 atom stereocenters. The van der Waals surface area contributed by atoms with Crippen LogP contribution < -0.4 is 0 Å². The molecule has 0 saturated heterocycles. The Morgan fingerprint density at radius 1 is 1.25 bits per heavy atom. The summed E-state index contributed by atoms with van der Waals surface area (Å²) < 4.78 is 16.2. The van der Waals surface area contributed by atoms with Crippen LogP contribution >= 0.6 is 0 Å². The van der Waals surface area contributed by atoms with Gasteiger partial charge in [-0.3, -0.25) is 0 Å². The molecule has 20 heavy (non-hydrogen) atoms. The Balaban J connectivity index is 3.09. The molecule has 0 saturated carbocycles. The number of nitrogens with zero attached hydrogens (tertiary/aromatic N) is 1. The van der Waals surface area contributed by atoms with Crippen LogP contribution in [0.2, 0.25) is 0 Å². The molecule has 0 amide bonds. The summed E-state index contributed by atoms with van der Waals surface area (Å²) in [6, 6.07) is 9.65. The smallest absolute Gasteiger partial charge is 0.145 e. The van der Waals surface area contributed by atoms with Crippen LogP contribution in [0.3, 0.4) is 0 Å². The predicted molar refractivity (Wildman–Crippen MR) is 86.3 cm³/mol. The minimum atomic E-state index is -1.32. The highest BCUT2D eigenvalue weighted by Crippen LogP contribution is 2.17. The largest absolute Gasteiger partial charge is 0.392 e. The van der Waals surface area contributed by atoms with Crippen LogP contribution in [-0.2, 0) is 11.0 Å². The summed E-state index contributed by atoms with van der Waals surface area (Å²) in [7, 11) is -1.32. The minimum absolute atomic E-state index is 0.145. The van der Waals surface area contributed by atoms with Crippen LogP contribution in [0, 0.1) is 5.92 Å². The Bertz CT molecular complexity index is 475. The lowest BCUT2D eigenvalue weighted by molar-refractivity contribution is 0.133. The molecule has 0 fully saturated rings. The first kappa shape index (κ1) is 17.1. The van der Waals surface area contributed by atoms with Crippen LogP contribution in [0.5, 0.6) is 0 Å². The van der Waals surface area contributed by atoms with Crippen LogP contribution in [0.25, 0.3) is 0 Å². The van der Waals surface area contributed by atoms with Crippen LogP contribution in [0.4, 0.5) is 0 Å². The lowest BCUT2D eigenvalue weighted by Gasteiger charge is -2.18. The second-order valence-electron chi connectivity index (χ2n) is 6.28. The van der Waals surface area contributed by atoms with E-state index >= 15 is 0 Å².